The zero-order chi connectivity index (χ0) is 23.8. The lowest BCUT2D eigenvalue weighted by molar-refractivity contribution is 0.135. The number of pyridine rings is 1. The van der Waals surface area contributed by atoms with Crippen molar-refractivity contribution in [1.82, 2.24) is 4.98 Å². The van der Waals surface area contributed by atoms with Crippen LogP contribution in [-0.4, -0.2) is 16.6 Å². The molecular weight excluding hydrogens is 438 g/mol. The third-order valence-corrected chi connectivity index (χ3v) is 5.54. The Morgan fingerprint density at radius 1 is 1.12 bits per heavy atom. The number of hydrogen-bond acceptors (Lipinski definition) is 4. The third kappa shape index (κ3) is 5.40. The van der Waals surface area contributed by atoms with Crippen LogP contribution >= 0.6 is 11.6 Å². The van der Waals surface area contributed by atoms with E-state index in [9.17, 15) is 4.79 Å². The summed E-state index contributed by atoms with van der Waals surface area (Å²) in [4.78, 5) is 17.0. The van der Waals surface area contributed by atoms with Crippen molar-refractivity contribution in [2.75, 3.05) is 10.6 Å². The molecule has 0 atom stereocenters. The van der Waals surface area contributed by atoms with E-state index >= 15 is 0 Å². The van der Waals surface area contributed by atoms with Crippen LogP contribution in [0.2, 0.25) is 5.02 Å². The number of rotatable bonds is 4. The molecule has 0 saturated carbocycles. The monoisotopic (exact) mass is 465 g/mol. The normalized spacial score (nSPS) is 14.2. The molecule has 0 bridgehead atoms. The van der Waals surface area contributed by atoms with E-state index < -0.39 is 6.03 Å². The van der Waals surface area contributed by atoms with Gasteiger partial charge in [0.25, 0.3) is 0 Å². The molecular formula is C26H28ClN3O3. The number of halogens is 1. The summed E-state index contributed by atoms with van der Waals surface area (Å²) in [5, 5.41) is 5.99. The van der Waals surface area contributed by atoms with E-state index in [1.54, 1.807) is 6.07 Å². The van der Waals surface area contributed by atoms with E-state index in [1.807, 2.05) is 56.3 Å². The Hall–Kier alpha value is -3.25. The molecule has 6 nitrogen and oxygen atoms in total. The van der Waals surface area contributed by atoms with Crippen molar-refractivity contribution in [3.05, 3.63) is 70.9 Å². The summed E-state index contributed by atoms with van der Waals surface area (Å²) in [5.41, 5.74) is 3.01. The zero-order valence-electron chi connectivity index (χ0n) is 19.5. The number of ether oxygens (including phenoxy) is 2. The second-order valence-electron chi connectivity index (χ2n) is 9.80. The predicted octanol–water partition coefficient (Wildman–Crippen LogP) is 7.18. The van der Waals surface area contributed by atoms with Crippen LogP contribution in [0.25, 0.3) is 0 Å². The van der Waals surface area contributed by atoms with Gasteiger partial charge in [0.2, 0.25) is 5.88 Å². The molecule has 172 valence electrons. The van der Waals surface area contributed by atoms with Crippen molar-refractivity contribution >= 4 is 29.0 Å². The first-order chi connectivity index (χ1) is 15.5. The van der Waals surface area contributed by atoms with Crippen LogP contribution in [0.1, 0.15) is 45.7 Å². The average Bonchev–Trinajstić information content (AvgIpc) is 3.04. The van der Waals surface area contributed by atoms with Crippen molar-refractivity contribution in [1.29, 1.82) is 0 Å². The zero-order valence-corrected chi connectivity index (χ0v) is 20.2. The van der Waals surface area contributed by atoms with Gasteiger partial charge in [-0.05, 0) is 49.1 Å². The van der Waals surface area contributed by atoms with Crippen LogP contribution in [0.4, 0.5) is 16.2 Å². The molecule has 33 heavy (non-hydrogen) atoms. The Bertz CT molecular complexity index is 1180. The standard InChI is InChI=1S/C26H28ClN3O3/c1-25(2,3)17-9-11-19(12-10-17)29-24(31)30-20-13-18(27)15-28-23(20)32-21-8-6-7-16-14-26(4,5)33-22(16)21/h6-13,15H,14H2,1-5H3,(H2,29,30,31). The highest BCUT2D eigenvalue weighted by Gasteiger charge is 2.32. The SMILES string of the molecule is CC1(C)Cc2cccc(Oc3ncc(Cl)cc3NC(=O)Nc3ccc(C(C)(C)C)cc3)c2O1. The fourth-order valence-electron chi connectivity index (χ4n) is 3.71. The van der Waals surface area contributed by atoms with Crippen molar-refractivity contribution in [2.45, 2.75) is 52.1 Å². The molecule has 1 aliphatic heterocycles. The minimum atomic E-state index is -0.428. The van der Waals surface area contributed by atoms with E-state index in [0.29, 0.717) is 27.9 Å². The van der Waals surface area contributed by atoms with E-state index in [4.69, 9.17) is 21.1 Å². The summed E-state index contributed by atoms with van der Waals surface area (Å²) in [7, 11) is 0. The van der Waals surface area contributed by atoms with Gasteiger partial charge in [0, 0.05) is 23.9 Å². The van der Waals surface area contributed by atoms with Gasteiger partial charge < -0.3 is 20.1 Å². The maximum absolute atomic E-state index is 12.7. The Kier molecular flexibility index (Phi) is 5.97. The highest BCUT2D eigenvalue weighted by molar-refractivity contribution is 6.30. The van der Waals surface area contributed by atoms with Gasteiger partial charge in [0.05, 0.1) is 5.02 Å². The largest absolute Gasteiger partial charge is 0.483 e. The minimum absolute atomic E-state index is 0.0377. The molecule has 1 aliphatic rings. The van der Waals surface area contributed by atoms with Crippen LogP contribution in [0, 0.1) is 0 Å². The lowest BCUT2D eigenvalue weighted by Gasteiger charge is -2.19. The molecule has 2 heterocycles. The quantitative estimate of drug-likeness (QED) is 0.428. The lowest BCUT2D eigenvalue weighted by Crippen LogP contribution is -2.24. The molecule has 0 saturated heterocycles. The van der Waals surface area contributed by atoms with Gasteiger partial charge in [-0.1, -0.05) is 56.6 Å². The summed E-state index contributed by atoms with van der Waals surface area (Å²) < 4.78 is 12.1. The second kappa shape index (κ2) is 8.60. The maximum atomic E-state index is 12.7. The predicted molar refractivity (Wildman–Crippen MR) is 132 cm³/mol. The molecule has 3 aromatic rings. The summed E-state index contributed by atoms with van der Waals surface area (Å²) in [5.74, 6) is 1.45. The van der Waals surface area contributed by atoms with Gasteiger partial charge in [-0.3, -0.25) is 0 Å². The van der Waals surface area contributed by atoms with E-state index in [-0.39, 0.29) is 16.9 Å². The molecule has 4 rings (SSSR count). The first kappa shape index (κ1) is 22.9. The molecule has 2 N–H and O–H groups in total. The van der Waals surface area contributed by atoms with Crippen molar-refractivity contribution in [3.8, 4) is 17.4 Å². The first-order valence-corrected chi connectivity index (χ1v) is 11.2. The number of nitrogens with zero attached hydrogens (tertiary/aromatic N) is 1. The number of para-hydroxylation sites is 1. The minimum Gasteiger partial charge on any atom is -0.483 e. The smallest absolute Gasteiger partial charge is 0.323 e. The van der Waals surface area contributed by atoms with Crippen LogP contribution in [0.3, 0.4) is 0 Å². The van der Waals surface area contributed by atoms with E-state index in [0.717, 1.165) is 12.0 Å². The van der Waals surface area contributed by atoms with Crippen LogP contribution in [-0.2, 0) is 11.8 Å². The van der Waals surface area contributed by atoms with Crippen LogP contribution in [0.15, 0.2) is 54.7 Å². The molecule has 0 fully saturated rings. The lowest BCUT2D eigenvalue weighted by atomic mass is 9.87. The van der Waals surface area contributed by atoms with E-state index in [1.165, 1.54) is 11.8 Å². The van der Waals surface area contributed by atoms with Crippen molar-refractivity contribution in [2.24, 2.45) is 0 Å². The molecule has 0 radical (unpaired) electrons. The number of nitrogens with one attached hydrogen (secondary N) is 2. The maximum Gasteiger partial charge on any atom is 0.323 e. The second-order valence-corrected chi connectivity index (χ2v) is 10.2. The number of benzene rings is 2. The Morgan fingerprint density at radius 2 is 1.85 bits per heavy atom. The van der Waals surface area contributed by atoms with Gasteiger partial charge in [-0.25, -0.2) is 9.78 Å². The Balaban J connectivity index is 1.52. The average molecular weight is 466 g/mol. The Labute approximate surface area is 199 Å². The Morgan fingerprint density at radius 3 is 2.55 bits per heavy atom. The van der Waals surface area contributed by atoms with Crippen molar-refractivity contribution < 1.29 is 14.3 Å². The molecule has 0 spiro atoms. The molecule has 2 amide bonds. The summed E-state index contributed by atoms with van der Waals surface area (Å²) >= 11 is 6.14. The van der Waals surface area contributed by atoms with Gasteiger partial charge >= 0.3 is 6.03 Å². The molecule has 0 aliphatic carbocycles. The number of aromatic nitrogens is 1. The highest BCUT2D eigenvalue weighted by atomic mass is 35.5. The molecule has 1 aromatic heterocycles. The van der Waals surface area contributed by atoms with Crippen molar-refractivity contribution in [3.63, 3.8) is 0 Å². The fourth-order valence-corrected chi connectivity index (χ4v) is 3.87. The topological polar surface area (TPSA) is 72.5 Å². The third-order valence-electron chi connectivity index (χ3n) is 5.34. The number of amides is 2. The summed E-state index contributed by atoms with van der Waals surface area (Å²) in [6.45, 7) is 10.5. The fraction of sp³-hybridized carbons (Fsp3) is 0.308. The highest BCUT2D eigenvalue weighted by Crippen LogP contribution is 2.44. The summed E-state index contributed by atoms with van der Waals surface area (Å²) in [6.07, 6.45) is 2.26. The number of carbonyl (C=O) groups excluding carboxylic acids is 1. The van der Waals surface area contributed by atoms with Gasteiger partial charge in [0.15, 0.2) is 11.5 Å². The van der Waals surface area contributed by atoms with Gasteiger partial charge in [-0.2, -0.15) is 0 Å². The molecule has 2 aromatic carbocycles. The number of urea groups is 1. The van der Waals surface area contributed by atoms with Gasteiger partial charge in [0.1, 0.15) is 11.3 Å². The summed E-state index contributed by atoms with van der Waals surface area (Å²) in [6, 6.07) is 14.7. The number of anilines is 2. The molecule has 7 heteroatoms. The van der Waals surface area contributed by atoms with Crippen LogP contribution in [0.5, 0.6) is 17.4 Å². The number of carbonyl (C=O) groups is 1. The molecule has 0 unspecified atom stereocenters. The van der Waals surface area contributed by atoms with E-state index in [2.05, 4.69) is 36.4 Å². The number of fused-ring (bicyclic) bond motifs is 1. The number of hydrogen-bond donors (Lipinski definition) is 2. The van der Waals surface area contributed by atoms with Crippen LogP contribution < -0.4 is 20.1 Å². The first-order valence-electron chi connectivity index (χ1n) is 10.8. The van der Waals surface area contributed by atoms with Gasteiger partial charge in [-0.15, -0.1) is 0 Å².